The van der Waals surface area contributed by atoms with Crippen LogP contribution >= 0.6 is 15.9 Å². The minimum absolute atomic E-state index is 0.233. The molecule has 0 atom stereocenters. The molecule has 0 unspecified atom stereocenters. The summed E-state index contributed by atoms with van der Waals surface area (Å²) < 4.78 is 4.21. The number of rotatable bonds is 2. The number of nitrogens with zero attached hydrogens (tertiary/aromatic N) is 5. The van der Waals surface area contributed by atoms with Crippen molar-refractivity contribution in [1.29, 1.82) is 0 Å². The molecule has 0 N–H and O–H groups in total. The zero-order chi connectivity index (χ0) is 19.3. The van der Waals surface area contributed by atoms with Gasteiger partial charge in [0.05, 0.1) is 11.3 Å². The molecule has 0 fully saturated rings. The van der Waals surface area contributed by atoms with E-state index in [1.165, 1.54) is 0 Å². The van der Waals surface area contributed by atoms with Crippen molar-refractivity contribution in [3.05, 3.63) is 87.4 Å². The van der Waals surface area contributed by atoms with E-state index in [0.29, 0.717) is 11.2 Å². The first-order valence-corrected chi connectivity index (χ1v) is 9.51. The number of fused-ring (bicyclic) bond motifs is 3. The lowest BCUT2D eigenvalue weighted by atomic mass is 10.1. The summed E-state index contributed by atoms with van der Waals surface area (Å²) in [6, 6.07) is 19.3. The highest BCUT2D eigenvalue weighted by Crippen LogP contribution is 2.27. The summed E-state index contributed by atoms with van der Waals surface area (Å²) in [6.07, 6.45) is 1.74. The Balaban J connectivity index is 1.77. The third-order valence-electron chi connectivity index (χ3n) is 4.72. The van der Waals surface area contributed by atoms with Gasteiger partial charge in [0.1, 0.15) is 5.52 Å². The van der Waals surface area contributed by atoms with Crippen molar-refractivity contribution in [2.75, 3.05) is 0 Å². The van der Waals surface area contributed by atoms with Gasteiger partial charge in [-0.2, -0.15) is 5.10 Å². The fraction of sp³-hybridized carbons (Fsp3) is 0.0476. The molecule has 7 heteroatoms. The molecule has 3 heterocycles. The Morgan fingerprint density at radius 2 is 1.68 bits per heavy atom. The molecule has 3 aromatic heterocycles. The van der Waals surface area contributed by atoms with Crippen LogP contribution in [0.5, 0.6) is 0 Å². The smallest absolute Gasteiger partial charge is 0.282 e. The van der Waals surface area contributed by atoms with Crippen molar-refractivity contribution in [3.63, 3.8) is 0 Å². The number of pyridine rings is 1. The number of hydrogen-bond donors (Lipinski definition) is 0. The summed E-state index contributed by atoms with van der Waals surface area (Å²) >= 11 is 3.41. The van der Waals surface area contributed by atoms with Crippen molar-refractivity contribution in [2.24, 2.45) is 0 Å². The number of aryl methyl sites for hydroxylation is 1. The molecular weight excluding hydrogens is 418 g/mol. The molecule has 2 aromatic carbocycles. The zero-order valence-corrected chi connectivity index (χ0v) is 16.5. The Bertz CT molecular complexity index is 1390. The van der Waals surface area contributed by atoms with Gasteiger partial charge in [-0.05, 0) is 42.8 Å². The molecule has 6 nitrogen and oxygen atoms in total. The van der Waals surface area contributed by atoms with E-state index in [-0.39, 0.29) is 11.1 Å². The summed E-state index contributed by atoms with van der Waals surface area (Å²) in [6.45, 7) is 1.94. The SMILES string of the molecule is Cc1nn2c(nnc3c(=O)n(-c4ccc(Br)cc4)ccc32)c1-c1ccccc1. The highest BCUT2D eigenvalue weighted by Gasteiger charge is 2.17. The molecule has 0 radical (unpaired) electrons. The summed E-state index contributed by atoms with van der Waals surface area (Å²) in [5.41, 5.74) is 4.86. The fourth-order valence-electron chi connectivity index (χ4n) is 3.40. The Morgan fingerprint density at radius 1 is 0.929 bits per heavy atom. The Morgan fingerprint density at radius 3 is 2.43 bits per heavy atom. The molecule has 0 amide bonds. The van der Waals surface area contributed by atoms with Crippen LogP contribution in [0.1, 0.15) is 5.69 Å². The Hall–Kier alpha value is -3.32. The minimum Gasteiger partial charge on any atom is -0.282 e. The molecule has 0 saturated heterocycles. The van der Waals surface area contributed by atoms with E-state index in [9.17, 15) is 4.79 Å². The standard InChI is InChI=1S/C21H14BrN5O/c1-13-18(14-5-3-2-4-6-14)20-24-23-19-17(27(20)25-13)11-12-26(21(19)28)16-9-7-15(22)8-10-16/h2-12H,1H3. The summed E-state index contributed by atoms with van der Waals surface area (Å²) in [7, 11) is 0. The van der Waals surface area contributed by atoms with E-state index in [2.05, 4.69) is 31.2 Å². The van der Waals surface area contributed by atoms with Crippen molar-refractivity contribution in [2.45, 2.75) is 6.92 Å². The number of halogens is 1. The summed E-state index contributed by atoms with van der Waals surface area (Å²) in [5.74, 6) is 0. The van der Waals surface area contributed by atoms with Crippen molar-refractivity contribution < 1.29 is 0 Å². The Labute approximate surface area is 168 Å². The second-order valence-corrected chi connectivity index (χ2v) is 7.38. The van der Waals surface area contributed by atoms with Crippen LogP contribution in [0.25, 0.3) is 33.5 Å². The first-order valence-electron chi connectivity index (χ1n) is 8.72. The molecule has 0 saturated carbocycles. The number of hydrogen-bond acceptors (Lipinski definition) is 4. The maximum absolute atomic E-state index is 13.0. The summed E-state index contributed by atoms with van der Waals surface area (Å²) in [5, 5.41) is 13.2. The van der Waals surface area contributed by atoms with Crippen LogP contribution in [0, 0.1) is 6.92 Å². The van der Waals surface area contributed by atoms with E-state index in [0.717, 1.165) is 27.0 Å². The van der Waals surface area contributed by atoms with E-state index < -0.39 is 0 Å². The lowest BCUT2D eigenvalue weighted by molar-refractivity contribution is 0.905. The first kappa shape index (κ1) is 16.8. The number of aromatic nitrogens is 5. The molecule has 0 aliphatic rings. The van der Waals surface area contributed by atoms with Crippen molar-refractivity contribution in [1.82, 2.24) is 24.4 Å². The molecule has 0 aliphatic heterocycles. The van der Waals surface area contributed by atoms with Crippen LogP contribution < -0.4 is 5.56 Å². The van der Waals surface area contributed by atoms with Crippen LogP contribution in [0.2, 0.25) is 0 Å². The van der Waals surface area contributed by atoms with Gasteiger partial charge in [-0.3, -0.25) is 9.36 Å². The fourth-order valence-corrected chi connectivity index (χ4v) is 3.67. The maximum Gasteiger partial charge on any atom is 0.285 e. The molecule has 0 bridgehead atoms. The van der Waals surface area contributed by atoms with Gasteiger partial charge in [0.25, 0.3) is 5.56 Å². The minimum atomic E-state index is -0.233. The molecule has 136 valence electrons. The lowest BCUT2D eigenvalue weighted by Crippen LogP contribution is -2.20. The van der Waals surface area contributed by atoms with Gasteiger partial charge < -0.3 is 0 Å². The normalized spacial score (nSPS) is 11.4. The molecule has 5 rings (SSSR count). The van der Waals surface area contributed by atoms with Gasteiger partial charge in [-0.1, -0.05) is 46.3 Å². The van der Waals surface area contributed by atoms with Crippen LogP contribution in [-0.2, 0) is 0 Å². The lowest BCUT2D eigenvalue weighted by Gasteiger charge is -2.07. The predicted molar refractivity (Wildman–Crippen MR) is 112 cm³/mol. The van der Waals surface area contributed by atoms with Crippen LogP contribution in [0.4, 0.5) is 0 Å². The highest BCUT2D eigenvalue weighted by molar-refractivity contribution is 9.10. The third kappa shape index (κ3) is 2.55. The average molecular weight is 432 g/mol. The van der Waals surface area contributed by atoms with E-state index in [1.54, 1.807) is 15.3 Å². The first-order chi connectivity index (χ1) is 13.6. The quantitative estimate of drug-likeness (QED) is 0.420. The van der Waals surface area contributed by atoms with Gasteiger partial charge in [-0.25, -0.2) is 4.52 Å². The van der Waals surface area contributed by atoms with Crippen molar-refractivity contribution in [3.8, 4) is 16.8 Å². The molecule has 0 aliphatic carbocycles. The Kier molecular flexibility index (Phi) is 3.84. The third-order valence-corrected chi connectivity index (χ3v) is 5.25. The average Bonchev–Trinajstić information content (AvgIpc) is 3.06. The summed E-state index contributed by atoms with van der Waals surface area (Å²) in [4.78, 5) is 13.0. The molecule has 5 aromatic rings. The maximum atomic E-state index is 13.0. The van der Waals surface area contributed by atoms with Crippen LogP contribution in [-0.4, -0.2) is 24.4 Å². The highest BCUT2D eigenvalue weighted by atomic mass is 79.9. The predicted octanol–water partition coefficient (Wildman–Crippen LogP) is 4.17. The van der Waals surface area contributed by atoms with Gasteiger partial charge in [-0.15, -0.1) is 10.2 Å². The zero-order valence-electron chi connectivity index (χ0n) is 14.9. The monoisotopic (exact) mass is 431 g/mol. The second kappa shape index (κ2) is 6.38. The van der Waals surface area contributed by atoms with Crippen LogP contribution in [0.15, 0.2) is 76.1 Å². The largest absolute Gasteiger partial charge is 0.285 e. The van der Waals surface area contributed by atoms with Crippen LogP contribution in [0.3, 0.4) is 0 Å². The number of benzene rings is 2. The second-order valence-electron chi connectivity index (χ2n) is 6.46. The molecule has 0 spiro atoms. The van der Waals surface area contributed by atoms with E-state index in [4.69, 9.17) is 0 Å². The van der Waals surface area contributed by atoms with E-state index >= 15 is 0 Å². The van der Waals surface area contributed by atoms with Gasteiger partial charge in [0.15, 0.2) is 11.2 Å². The van der Waals surface area contributed by atoms with Gasteiger partial charge >= 0.3 is 0 Å². The van der Waals surface area contributed by atoms with E-state index in [1.807, 2.05) is 67.6 Å². The van der Waals surface area contributed by atoms with Crippen molar-refractivity contribution >= 4 is 32.6 Å². The topological polar surface area (TPSA) is 65.1 Å². The van der Waals surface area contributed by atoms with Gasteiger partial charge in [0, 0.05) is 16.4 Å². The van der Waals surface area contributed by atoms with Gasteiger partial charge in [0.2, 0.25) is 0 Å². The molecule has 28 heavy (non-hydrogen) atoms. The molecular formula is C21H14BrN5O.